The molecule has 3 rings (SSSR count). The summed E-state index contributed by atoms with van der Waals surface area (Å²) in [7, 11) is 0. The lowest BCUT2D eigenvalue weighted by atomic mass is 9.84. The van der Waals surface area contributed by atoms with Crippen molar-refractivity contribution in [1.29, 1.82) is 0 Å². The quantitative estimate of drug-likeness (QED) is 0.883. The highest BCUT2D eigenvalue weighted by Gasteiger charge is 2.48. The summed E-state index contributed by atoms with van der Waals surface area (Å²) in [5.74, 6) is 1.31. The van der Waals surface area contributed by atoms with Crippen LogP contribution < -0.4 is 11.1 Å². The Morgan fingerprint density at radius 2 is 1.95 bits per heavy atom. The topological polar surface area (TPSA) is 55.1 Å². The second kappa shape index (κ2) is 5.57. The van der Waals surface area contributed by atoms with Gasteiger partial charge in [-0.05, 0) is 48.6 Å². The highest BCUT2D eigenvalue weighted by Crippen LogP contribution is 2.47. The summed E-state index contributed by atoms with van der Waals surface area (Å²) in [6.07, 6.45) is 4.56. The van der Waals surface area contributed by atoms with Gasteiger partial charge in [0, 0.05) is 12.6 Å². The number of nitrogens with two attached hydrogens (primary N) is 1. The van der Waals surface area contributed by atoms with Crippen molar-refractivity contribution in [1.82, 2.24) is 5.32 Å². The fourth-order valence-corrected chi connectivity index (χ4v) is 4.10. The SMILES string of the molecule is CCc1ccccc1CNC(=O)C1C2CCC(C2)C1N. The lowest BCUT2D eigenvalue weighted by Gasteiger charge is -2.27. The predicted octanol–water partition coefficient (Wildman–Crippen LogP) is 2.24. The van der Waals surface area contributed by atoms with Crippen LogP contribution >= 0.6 is 0 Å². The van der Waals surface area contributed by atoms with E-state index in [4.69, 9.17) is 5.73 Å². The van der Waals surface area contributed by atoms with E-state index in [1.54, 1.807) is 0 Å². The zero-order chi connectivity index (χ0) is 14.1. The molecule has 3 nitrogen and oxygen atoms in total. The second-order valence-electron chi connectivity index (χ2n) is 6.28. The van der Waals surface area contributed by atoms with Gasteiger partial charge in [0.05, 0.1) is 5.92 Å². The standard InChI is InChI=1S/C17H24N2O/c1-2-11-5-3-4-6-14(11)10-19-17(20)15-12-7-8-13(9-12)16(15)18/h3-6,12-13,15-16H,2,7-10,18H2,1H3,(H,19,20). The fraction of sp³-hybridized carbons (Fsp3) is 0.588. The molecule has 108 valence electrons. The van der Waals surface area contributed by atoms with Gasteiger partial charge in [0.1, 0.15) is 0 Å². The molecule has 0 spiro atoms. The molecule has 3 N–H and O–H groups in total. The Hall–Kier alpha value is -1.35. The van der Waals surface area contributed by atoms with Gasteiger partial charge in [0.25, 0.3) is 0 Å². The summed E-state index contributed by atoms with van der Waals surface area (Å²) in [6.45, 7) is 2.77. The van der Waals surface area contributed by atoms with Crippen LogP contribution in [0.4, 0.5) is 0 Å². The molecule has 4 unspecified atom stereocenters. The molecular formula is C17H24N2O. The first-order chi connectivity index (χ1) is 9.70. The number of hydrogen-bond acceptors (Lipinski definition) is 2. The van der Waals surface area contributed by atoms with E-state index in [1.807, 2.05) is 6.07 Å². The number of benzene rings is 1. The zero-order valence-corrected chi connectivity index (χ0v) is 12.1. The van der Waals surface area contributed by atoms with Crippen LogP contribution in [0.2, 0.25) is 0 Å². The second-order valence-corrected chi connectivity index (χ2v) is 6.28. The van der Waals surface area contributed by atoms with E-state index in [2.05, 4.69) is 30.4 Å². The minimum atomic E-state index is 0.0440. The fourth-order valence-electron chi connectivity index (χ4n) is 4.10. The molecule has 0 radical (unpaired) electrons. The number of fused-ring (bicyclic) bond motifs is 2. The molecule has 0 aromatic heterocycles. The zero-order valence-electron chi connectivity index (χ0n) is 12.1. The molecule has 1 amide bonds. The van der Waals surface area contributed by atoms with E-state index in [-0.39, 0.29) is 17.9 Å². The monoisotopic (exact) mass is 272 g/mol. The van der Waals surface area contributed by atoms with Crippen molar-refractivity contribution in [3.63, 3.8) is 0 Å². The molecule has 0 aliphatic heterocycles. The minimum absolute atomic E-state index is 0.0440. The first-order valence-corrected chi connectivity index (χ1v) is 7.80. The molecule has 2 aliphatic carbocycles. The molecule has 2 fully saturated rings. The van der Waals surface area contributed by atoms with E-state index in [0.29, 0.717) is 18.4 Å². The van der Waals surface area contributed by atoms with Gasteiger partial charge in [-0.25, -0.2) is 0 Å². The Balaban J connectivity index is 1.62. The summed E-state index contributed by atoms with van der Waals surface area (Å²) < 4.78 is 0. The Bertz CT molecular complexity index is 498. The van der Waals surface area contributed by atoms with Gasteiger partial charge in [0.2, 0.25) is 5.91 Å². The molecular weight excluding hydrogens is 248 g/mol. The highest BCUT2D eigenvalue weighted by atomic mass is 16.1. The Kier molecular flexibility index (Phi) is 3.79. The van der Waals surface area contributed by atoms with Gasteiger partial charge < -0.3 is 11.1 Å². The minimum Gasteiger partial charge on any atom is -0.352 e. The van der Waals surface area contributed by atoms with Crippen LogP contribution in [0.5, 0.6) is 0 Å². The number of aryl methyl sites for hydroxylation is 1. The smallest absolute Gasteiger partial charge is 0.225 e. The van der Waals surface area contributed by atoms with Crippen molar-refractivity contribution < 1.29 is 4.79 Å². The third kappa shape index (κ3) is 2.35. The molecule has 1 aromatic carbocycles. The molecule has 0 saturated heterocycles. The van der Waals surface area contributed by atoms with E-state index in [0.717, 1.165) is 12.8 Å². The molecule has 4 atom stereocenters. The van der Waals surface area contributed by atoms with Crippen LogP contribution in [-0.4, -0.2) is 11.9 Å². The first kappa shape index (κ1) is 13.6. The maximum absolute atomic E-state index is 12.4. The van der Waals surface area contributed by atoms with Crippen molar-refractivity contribution in [2.24, 2.45) is 23.5 Å². The number of hydrogen-bond donors (Lipinski definition) is 2. The number of carbonyl (C=O) groups is 1. The van der Waals surface area contributed by atoms with Gasteiger partial charge in [-0.1, -0.05) is 31.2 Å². The van der Waals surface area contributed by atoms with Crippen LogP contribution in [0.25, 0.3) is 0 Å². The van der Waals surface area contributed by atoms with Gasteiger partial charge in [-0.3, -0.25) is 4.79 Å². The third-order valence-corrected chi connectivity index (χ3v) is 5.24. The predicted molar refractivity (Wildman–Crippen MR) is 80.0 cm³/mol. The van der Waals surface area contributed by atoms with Gasteiger partial charge in [0.15, 0.2) is 0 Å². The Morgan fingerprint density at radius 3 is 2.60 bits per heavy atom. The normalized spacial score (nSPS) is 31.5. The van der Waals surface area contributed by atoms with Crippen LogP contribution in [-0.2, 0) is 17.8 Å². The van der Waals surface area contributed by atoms with Crippen molar-refractivity contribution in [2.45, 2.75) is 45.2 Å². The van der Waals surface area contributed by atoms with Crippen LogP contribution in [0.15, 0.2) is 24.3 Å². The van der Waals surface area contributed by atoms with Crippen molar-refractivity contribution in [2.75, 3.05) is 0 Å². The maximum atomic E-state index is 12.4. The molecule has 1 aromatic rings. The Morgan fingerprint density at radius 1 is 1.25 bits per heavy atom. The number of amides is 1. The molecule has 0 heterocycles. The first-order valence-electron chi connectivity index (χ1n) is 7.80. The largest absolute Gasteiger partial charge is 0.352 e. The van der Waals surface area contributed by atoms with E-state index >= 15 is 0 Å². The average Bonchev–Trinajstić information content (AvgIpc) is 3.06. The summed E-state index contributed by atoms with van der Waals surface area (Å²) >= 11 is 0. The van der Waals surface area contributed by atoms with E-state index in [1.165, 1.54) is 24.0 Å². The van der Waals surface area contributed by atoms with Crippen LogP contribution in [0.1, 0.15) is 37.3 Å². The summed E-state index contributed by atoms with van der Waals surface area (Å²) in [5, 5.41) is 3.11. The highest BCUT2D eigenvalue weighted by molar-refractivity contribution is 5.80. The summed E-state index contributed by atoms with van der Waals surface area (Å²) in [6, 6.07) is 8.39. The molecule has 20 heavy (non-hydrogen) atoms. The number of carbonyl (C=O) groups excluding carboxylic acids is 1. The van der Waals surface area contributed by atoms with E-state index < -0.39 is 0 Å². The van der Waals surface area contributed by atoms with Gasteiger partial charge in [-0.15, -0.1) is 0 Å². The molecule has 2 aliphatic rings. The lowest BCUT2D eigenvalue weighted by molar-refractivity contribution is -0.127. The average molecular weight is 272 g/mol. The number of rotatable bonds is 4. The van der Waals surface area contributed by atoms with Crippen molar-refractivity contribution >= 4 is 5.91 Å². The van der Waals surface area contributed by atoms with Crippen LogP contribution in [0, 0.1) is 17.8 Å². The number of nitrogens with one attached hydrogen (secondary N) is 1. The van der Waals surface area contributed by atoms with Crippen LogP contribution in [0.3, 0.4) is 0 Å². The Labute approximate surface area is 120 Å². The van der Waals surface area contributed by atoms with Gasteiger partial charge >= 0.3 is 0 Å². The molecule has 3 heteroatoms. The summed E-state index contributed by atoms with van der Waals surface area (Å²) in [4.78, 5) is 12.4. The molecule has 2 bridgehead atoms. The van der Waals surface area contributed by atoms with E-state index in [9.17, 15) is 4.79 Å². The third-order valence-electron chi connectivity index (χ3n) is 5.24. The van der Waals surface area contributed by atoms with Gasteiger partial charge in [-0.2, -0.15) is 0 Å². The molecule has 2 saturated carbocycles. The summed E-state index contributed by atoms with van der Waals surface area (Å²) in [5.41, 5.74) is 8.76. The van der Waals surface area contributed by atoms with Crippen molar-refractivity contribution in [3.8, 4) is 0 Å². The lowest BCUT2D eigenvalue weighted by Crippen LogP contribution is -2.45. The maximum Gasteiger partial charge on any atom is 0.225 e. The van der Waals surface area contributed by atoms with Crippen molar-refractivity contribution in [3.05, 3.63) is 35.4 Å².